The summed E-state index contributed by atoms with van der Waals surface area (Å²) >= 11 is 0. The maximum atomic E-state index is 13.0. The van der Waals surface area contributed by atoms with E-state index in [0.717, 1.165) is 53.4 Å². The van der Waals surface area contributed by atoms with E-state index >= 15 is 0 Å². The third kappa shape index (κ3) is 15.0. The predicted octanol–water partition coefficient (Wildman–Crippen LogP) is 15.7. The summed E-state index contributed by atoms with van der Waals surface area (Å²) in [6.07, 6.45) is 9.42. The Morgan fingerprint density at radius 3 is 1.59 bits per heavy atom. The Morgan fingerprint density at radius 2 is 1.08 bits per heavy atom. The molecule has 4 aromatic rings. The summed E-state index contributed by atoms with van der Waals surface area (Å²) in [5.74, 6) is 4.09. The van der Waals surface area contributed by atoms with Gasteiger partial charge in [0.2, 0.25) is 6.29 Å². The maximum Gasteiger partial charge on any atom is 0.338 e. The van der Waals surface area contributed by atoms with Crippen LogP contribution in [0.3, 0.4) is 0 Å². The average Bonchev–Trinajstić information content (AvgIpc) is 4.08. The molecule has 7 atom stereocenters. The van der Waals surface area contributed by atoms with Crippen LogP contribution in [-0.2, 0) is 35.0 Å². The highest BCUT2D eigenvalue weighted by Gasteiger charge is 2.55. The van der Waals surface area contributed by atoms with Crippen molar-refractivity contribution in [3.63, 3.8) is 0 Å². The molecular formula is C61H82F2O8. The molecule has 7 rings (SSSR count). The zero-order valence-corrected chi connectivity index (χ0v) is 45.0. The Labute approximate surface area is 423 Å². The molecule has 0 radical (unpaired) electrons. The van der Waals surface area contributed by atoms with Crippen LogP contribution in [0.15, 0.2) is 97.1 Å². The lowest BCUT2D eigenvalue weighted by atomic mass is 9.80. The van der Waals surface area contributed by atoms with Crippen LogP contribution >= 0.6 is 0 Å². The minimum atomic E-state index is -0.819. The summed E-state index contributed by atoms with van der Waals surface area (Å²) in [6.45, 7) is 27.3. The Bertz CT molecular complexity index is 2330. The number of fused-ring (bicyclic) bond motifs is 5. The molecule has 8 nitrogen and oxygen atoms in total. The molecule has 3 aliphatic carbocycles. The molecule has 2 bridgehead atoms. The first kappa shape index (κ1) is 56.8. The van der Waals surface area contributed by atoms with Crippen LogP contribution in [0.1, 0.15) is 181 Å². The van der Waals surface area contributed by atoms with Gasteiger partial charge >= 0.3 is 17.9 Å². The monoisotopic (exact) mass is 981 g/mol. The van der Waals surface area contributed by atoms with Crippen molar-refractivity contribution in [1.29, 1.82) is 0 Å². The van der Waals surface area contributed by atoms with E-state index in [1.807, 2.05) is 79.7 Å². The Hall–Kier alpha value is -5.09. The summed E-state index contributed by atoms with van der Waals surface area (Å²) < 4.78 is 55.4. The van der Waals surface area contributed by atoms with Crippen molar-refractivity contribution in [2.45, 2.75) is 178 Å². The van der Waals surface area contributed by atoms with Gasteiger partial charge in [0.1, 0.15) is 34.3 Å². The van der Waals surface area contributed by atoms with E-state index in [1.54, 1.807) is 62.4 Å². The summed E-state index contributed by atoms with van der Waals surface area (Å²) in [7, 11) is 0. The van der Waals surface area contributed by atoms with E-state index in [0.29, 0.717) is 29.8 Å². The molecular weight excluding hydrogens is 899 g/mol. The van der Waals surface area contributed by atoms with Gasteiger partial charge in [-0.2, -0.15) is 0 Å². The lowest BCUT2D eigenvalue weighted by molar-refractivity contribution is -0.168. The second kappa shape index (κ2) is 24.1. The molecule has 3 fully saturated rings. The fraction of sp³-hybridized carbons (Fsp3) is 0.557. The molecule has 3 saturated carbocycles. The average molecular weight is 981 g/mol. The lowest BCUT2D eigenvalue weighted by Crippen LogP contribution is -2.37. The van der Waals surface area contributed by atoms with Crippen molar-refractivity contribution < 1.29 is 46.8 Å². The van der Waals surface area contributed by atoms with Gasteiger partial charge < -0.3 is 23.7 Å². The first-order chi connectivity index (χ1) is 33.3. The molecule has 4 aromatic carbocycles. The van der Waals surface area contributed by atoms with E-state index in [-0.39, 0.29) is 41.8 Å². The molecule has 0 saturated heterocycles. The zero-order valence-electron chi connectivity index (χ0n) is 45.0. The van der Waals surface area contributed by atoms with Gasteiger partial charge in [-0.05, 0) is 207 Å². The Morgan fingerprint density at radius 1 is 0.592 bits per heavy atom. The van der Waals surface area contributed by atoms with Crippen LogP contribution in [0.2, 0.25) is 0 Å². The number of carbonyl (C=O) groups excluding carboxylic acids is 3. The van der Waals surface area contributed by atoms with E-state index in [9.17, 15) is 23.2 Å². The number of halogens is 2. The highest BCUT2D eigenvalue weighted by molar-refractivity contribution is 5.89. The molecule has 388 valence electrons. The lowest BCUT2D eigenvalue weighted by Gasteiger charge is -2.35. The molecule has 0 aliphatic heterocycles. The van der Waals surface area contributed by atoms with Crippen molar-refractivity contribution >= 4 is 17.9 Å². The molecule has 7 unspecified atom stereocenters. The molecule has 0 heterocycles. The highest BCUT2D eigenvalue weighted by Crippen LogP contribution is 2.59. The van der Waals surface area contributed by atoms with Crippen LogP contribution in [-0.4, -0.2) is 30.3 Å². The number of esters is 3. The van der Waals surface area contributed by atoms with Crippen LogP contribution in [0.4, 0.5) is 8.78 Å². The molecule has 0 aromatic heterocycles. The number of hydrogen-bond acceptors (Lipinski definition) is 8. The van der Waals surface area contributed by atoms with Crippen molar-refractivity contribution in [3.05, 3.63) is 131 Å². The summed E-state index contributed by atoms with van der Waals surface area (Å²) in [5, 5.41) is 0. The summed E-state index contributed by atoms with van der Waals surface area (Å²) in [6, 6.07) is 26.9. The topological polar surface area (TPSA) is 97.4 Å². The van der Waals surface area contributed by atoms with Crippen LogP contribution in [0.5, 0.6) is 11.5 Å². The zero-order chi connectivity index (χ0) is 52.5. The van der Waals surface area contributed by atoms with E-state index in [1.165, 1.54) is 61.9 Å². The van der Waals surface area contributed by atoms with Crippen molar-refractivity contribution in [3.8, 4) is 11.5 Å². The van der Waals surface area contributed by atoms with Crippen molar-refractivity contribution in [2.24, 2.45) is 40.4 Å². The van der Waals surface area contributed by atoms with E-state index in [4.69, 9.17) is 23.7 Å². The SMILES string of the molecule is CCC(C)(C)C(=O)OC(C)(C)c1ccc(F)cc1.CCC(C)(C)C(=O)Oc1ccc(OC(OC2CC3CC2C2CCCC32)C(C)C)cc1.CCC(C)c1ccc(C(=O)OC(C)(C)c2ccc(F)cc2)cc1. The van der Waals surface area contributed by atoms with E-state index in [2.05, 4.69) is 27.7 Å². The van der Waals surface area contributed by atoms with Gasteiger partial charge in [-0.15, -0.1) is 0 Å². The summed E-state index contributed by atoms with van der Waals surface area (Å²) in [5.41, 5.74) is 0.709. The van der Waals surface area contributed by atoms with Crippen LogP contribution in [0.25, 0.3) is 0 Å². The van der Waals surface area contributed by atoms with Gasteiger partial charge in [0, 0.05) is 5.92 Å². The molecule has 0 amide bonds. The fourth-order valence-electron chi connectivity index (χ4n) is 9.57. The standard InChI is InChI=1S/C26H38O4.C20H23FO2.C15H21FO2/c1-6-26(4,5)25(27)29-19-12-10-18(11-13-19)28-24(16(2)3)30-23-15-17-14-22(23)21-9-7-8-20(17)21;1-5-14(2)15-6-8-16(9-7-15)19(22)23-20(3,4)17-10-12-18(21)13-11-17;1-6-14(2,3)13(17)18-15(4,5)11-7-9-12(16)10-8-11/h10-13,16-17,20-24H,6-9,14-15H2,1-5H3;6-14H,5H2,1-4H3;7-10H,6H2,1-5H3. The second-order valence-electron chi connectivity index (χ2n) is 22.6. The molecule has 3 aliphatic rings. The molecule has 71 heavy (non-hydrogen) atoms. The number of rotatable bonds is 17. The van der Waals surface area contributed by atoms with Gasteiger partial charge in [-0.3, -0.25) is 9.59 Å². The third-order valence-corrected chi connectivity index (χ3v) is 15.5. The second-order valence-corrected chi connectivity index (χ2v) is 22.6. The quantitative estimate of drug-likeness (QED) is 0.0586. The minimum Gasteiger partial charge on any atom is -0.465 e. The van der Waals surface area contributed by atoms with Gasteiger partial charge in [0.15, 0.2) is 0 Å². The minimum absolute atomic E-state index is 0.205. The molecule has 0 N–H and O–H groups in total. The van der Waals surface area contributed by atoms with Gasteiger partial charge in [-0.1, -0.05) is 84.4 Å². The van der Waals surface area contributed by atoms with Gasteiger partial charge in [0.25, 0.3) is 0 Å². The Balaban J connectivity index is 0.000000206. The van der Waals surface area contributed by atoms with Crippen LogP contribution in [0, 0.1) is 52.1 Å². The number of benzene rings is 4. The largest absolute Gasteiger partial charge is 0.465 e. The van der Waals surface area contributed by atoms with E-state index < -0.39 is 22.0 Å². The smallest absolute Gasteiger partial charge is 0.338 e. The van der Waals surface area contributed by atoms with Crippen molar-refractivity contribution in [1.82, 2.24) is 0 Å². The summed E-state index contributed by atoms with van der Waals surface area (Å²) in [4.78, 5) is 36.7. The Kier molecular flexibility index (Phi) is 19.3. The first-order valence-corrected chi connectivity index (χ1v) is 26.0. The fourth-order valence-corrected chi connectivity index (χ4v) is 9.57. The number of hydrogen-bond donors (Lipinski definition) is 0. The molecule has 10 heteroatoms. The van der Waals surface area contributed by atoms with Gasteiger partial charge in [-0.25, -0.2) is 13.6 Å². The maximum absolute atomic E-state index is 13.0. The predicted molar refractivity (Wildman–Crippen MR) is 277 cm³/mol. The number of carbonyl (C=O) groups is 3. The highest BCUT2D eigenvalue weighted by atomic mass is 19.1. The normalized spacial score (nSPS) is 20.4. The molecule has 0 spiro atoms. The van der Waals surface area contributed by atoms with Gasteiger partial charge in [0.05, 0.1) is 22.5 Å². The number of ether oxygens (including phenoxy) is 5. The third-order valence-electron chi connectivity index (χ3n) is 15.5. The van der Waals surface area contributed by atoms with Crippen LogP contribution < -0.4 is 9.47 Å². The first-order valence-electron chi connectivity index (χ1n) is 26.0. The van der Waals surface area contributed by atoms with Crippen molar-refractivity contribution in [2.75, 3.05) is 0 Å².